The molecule has 0 radical (unpaired) electrons. The highest BCUT2D eigenvalue weighted by molar-refractivity contribution is 5.92. The van der Waals surface area contributed by atoms with Gasteiger partial charge >= 0.3 is 0 Å². The van der Waals surface area contributed by atoms with Crippen molar-refractivity contribution in [3.8, 4) is 0 Å². The van der Waals surface area contributed by atoms with E-state index in [2.05, 4.69) is 6.92 Å². The lowest BCUT2D eigenvalue weighted by molar-refractivity contribution is -0.113. The molecule has 0 rings (SSSR count). The van der Waals surface area contributed by atoms with Gasteiger partial charge in [0.2, 0.25) is 0 Å². The third kappa shape index (κ3) is 5.58. The predicted molar refractivity (Wildman–Crippen MR) is 54.6 cm³/mol. The van der Waals surface area contributed by atoms with E-state index >= 15 is 0 Å². The molecule has 0 aliphatic carbocycles. The molecule has 0 saturated heterocycles. The van der Waals surface area contributed by atoms with Crippen molar-refractivity contribution in [3.05, 3.63) is 11.6 Å². The fourth-order valence-electron chi connectivity index (χ4n) is 1.17. The lowest BCUT2D eigenvalue weighted by atomic mass is 9.96. The molecule has 0 aliphatic heterocycles. The highest BCUT2D eigenvalue weighted by Crippen LogP contribution is 2.17. The molecule has 0 aromatic rings. The van der Waals surface area contributed by atoms with Crippen LogP contribution in [0.15, 0.2) is 11.6 Å². The Bertz CT molecular complexity index is 202. The second kappa shape index (κ2) is 5.18. The Morgan fingerprint density at radius 3 is 2.38 bits per heavy atom. The molecule has 0 amide bonds. The van der Waals surface area contributed by atoms with Crippen LogP contribution in [0.4, 0.5) is 0 Å². The third-order valence-corrected chi connectivity index (χ3v) is 2.12. The van der Waals surface area contributed by atoms with Crippen molar-refractivity contribution in [2.45, 2.75) is 52.6 Å². The Labute approximate surface area is 80.7 Å². The number of carbonyl (C=O) groups is 1. The highest BCUT2D eigenvalue weighted by Gasteiger charge is 2.16. The second-order valence-electron chi connectivity index (χ2n) is 3.84. The van der Waals surface area contributed by atoms with Gasteiger partial charge in [-0.05, 0) is 38.8 Å². The molecule has 1 atom stereocenters. The smallest absolute Gasteiger partial charge is 0.155 e. The first-order chi connectivity index (χ1) is 5.89. The minimum absolute atomic E-state index is 0.0248. The van der Waals surface area contributed by atoms with Crippen LogP contribution in [0.3, 0.4) is 0 Å². The molecule has 2 heteroatoms. The standard InChI is InChI=1S/C11H20O2/c1-5-6-7-11(4,13)8-9(2)10(3)12/h8,13H,5-7H2,1-4H3/b9-8+. The van der Waals surface area contributed by atoms with Gasteiger partial charge < -0.3 is 5.11 Å². The van der Waals surface area contributed by atoms with Crippen LogP contribution in [-0.2, 0) is 4.79 Å². The normalized spacial score (nSPS) is 16.8. The number of hydrogen-bond acceptors (Lipinski definition) is 2. The number of aliphatic hydroxyl groups is 1. The summed E-state index contributed by atoms with van der Waals surface area (Å²) >= 11 is 0. The summed E-state index contributed by atoms with van der Waals surface area (Å²) < 4.78 is 0. The Balaban J connectivity index is 4.29. The van der Waals surface area contributed by atoms with E-state index in [1.807, 2.05) is 0 Å². The van der Waals surface area contributed by atoms with Crippen LogP contribution in [0.1, 0.15) is 47.0 Å². The van der Waals surface area contributed by atoms with Crippen molar-refractivity contribution in [1.29, 1.82) is 0 Å². The molecule has 0 spiro atoms. The van der Waals surface area contributed by atoms with Crippen molar-refractivity contribution in [2.75, 3.05) is 0 Å². The zero-order valence-electron chi connectivity index (χ0n) is 9.05. The van der Waals surface area contributed by atoms with E-state index in [1.165, 1.54) is 6.92 Å². The molecule has 0 heterocycles. The van der Waals surface area contributed by atoms with Gasteiger partial charge in [0, 0.05) is 0 Å². The van der Waals surface area contributed by atoms with Gasteiger partial charge in [0.05, 0.1) is 5.60 Å². The zero-order chi connectivity index (χ0) is 10.5. The molecule has 0 aromatic heterocycles. The zero-order valence-corrected chi connectivity index (χ0v) is 9.05. The van der Waals surface area contributed by atoms with Crippen LogP contribution >= 0.6 is 0 Å². The largest absolute Gasteiger partial charge is 0.386 e. The quantitative estimate of drug-likeness (QED) is 0.666. The van der Waals surface area contributed by atoms with E-state index in [9.17, 15) is 9.90 Å². The Kier molecular flexibility index (Phi) is 4.92. The summed E-state index contributed by atoms with van der Waals surface area (Å²) in [7, 11) is 0. The number of ketones is 1. The fourth-order valence-corrected chi connectivity index (χ4v) is 1.17. The Morgan fingerprint density at radius 2 is 2.00 bits per heavy atom. The van der Waals surface area contributed by atoms with Crippen LogP contribution in [-0.4, -0.2) is 16.5 Å². The summed E-state index contributed by atoms with van der Waals surface area (Å²) in [5.74, 6) is 0.0248. The summed E-state index contributed by atoms with van der Waals surface area (Å²) in [4.78, 5) is 10.9. The van der Waals surface area contributed by atoms with Crippen LogP contribution < -0.4 is 0 Å². The molecular formula is C11H20O2. The van der Waals surface area contributed by atoms with Gasteiger partial charge in [-0.1, -0.05) is 19.8 Å². The van der Waals surface area contributed by atoms with E-state index in [0.29, 0.717) is 12.0 Å². The molecular weight excluding hydrogens is 164 g/mol. The predicted octanol–water partition coefficient (Wildman–Crippen LogP) is 2.46. The summed E-state index contributed by atoms with van der Waals surface area (Å²) in [5, 5.41) is 9.84. The molecule has 76 valence electrons. The van der Waals surface area contributed by atoms with E-state index in [4.69, 9.17) is 0 Å². The number of rotatable bonds is 5. The Hall–Kier alpha value is -0.630. The van der Waals surface area contributed by atoms with Crippen molar-refractivity contribution in [1.82, 2.24) is 0 Å². The summed E-state index contributed by atoms with van der Waals surface area (Å²) in [6.45, 7) is 7.08. The first-order valence-electron chi connectivity index (χ1n) is 4.82. The molecule has 0 saturated carbocycles. The molecule has 13 heavy (non-hydrogen) atoms. The van der Waals surface area contributed by atoms with Crippen LogP contribution in [0.5, 0.6) is 0 Å². The molecule has 0 aromatic carbocycles. The van der Waals surface area contributed by atoms with Gasteiger partial charge in [-0.3, -0.25) is 4.79 Å². The average Bonchev–Trinajstić information content (AvgIpc) is 2.00. The molecule has 0 fully saturated rings. The molecule has 0 aliphatic rings. The van der Waals surface area contributed by atoms with Crippen molar-refractivity contribution in [2.24, 2.45) is 0 Å². The SMILES string of the molecule is CCCCC(C)(O)/C=C(\C)C(C)=O. The first kappa shape index (κ1) is 12.4. The number of Topliss-reactive ketones (excluding diaryl/α,β-unsaturated/α-hetero) is 1. The van der Waals surface area contributed by atoms with Gasteiger partial charge in [0.15, 0.2) is 5.78 Å². The summed E-state index contributed by atoms with van der Waals surface area (Å²) in [5.41, 5.74) is -0.188. The molecule has 1 N–H and O–H groups in total. The second-order valence-corrected chi connectivity index (χ2v) is 3.84. The maximum absolute atomic E-state index is 10.9. The number of unbranched alkanes of at least 4 members (excludes halogenated alkanes) is 1. The van der Waals surface area contributed by atoms with E-state index in [1.54, 1.807) is 19.9 Å². The van der Waals surface area contributed by atoms with Gasteiger partial charge in [0.25, 0.3) is 0 Å². The van der Waals surface area contributed by atoms with Crippen LogP contribution in [0.25, 0.3) is 0 Å². The average molecular weight is 184 g/mol. The summed E-state index contributed by atoms with van der Waals surface area (Å²) in [6, 6.07) is 0. The fraction of sp³-hybridized carbons (Fsp3) is 0.727. The maximum atomic E-state index is 10.9. The minimum atomic E-state index is -0.828. The lowest BCUT2D eigenvalue weighted by Gasteiger charge is -2.19. The third-order valence-electron chi connectivity index (χ3n) is 2.12. The van der Waals surface area contributed by atoms with Gasteiger partial charge in [-0.25, -0.2) is 0 Å². The van der Waals surface area contributed by atoms with Crippen LogP contribution in [0.2, 0.25) is 0 Å². The first-order valence-corrected chi connectivity index (χ1v) is 4.82. The van der Waals surface area contributed by atoms with Crippen molar-refractivity contribution in [3.63, 3.8) is 0 Å². The number of allylic oxidation sites excluding steroid dienone is 1. The van der Waals surface area contributed by atoms with Gasteiger partial charge in [0.1, 0.15) is 0 Å². The van der Waals surface area contributed by atoms with Crippen LogP contribution in [0, 0.1) is 0 Å². The van der Waals surface area contributed by atoms with Crippen molar-refractivity contribution >= 4 is 5.78 Å². The molecule has 2 nitrogen and oxygen atoms in total. The molecule has 1 unspecified atom stereocenters. The van der Waals surface area contributed by atoms with Gasteiger partial charge in [-0.2, -0.15) is 0 Å². The summed E-state index contributed by atoms with van der Waals surface area (Å²) in [6.07, 6.45) is 4.41. The Morgan fingerprint density at radius 1 is 1.46 bits per heavy atom. The molecule has 0 bridgehead atoms. The number of hydrogen-bond donors (Lipinski definition) is 1. The van der Waals surface area contributed by atoms with Crippen molar-refractivity contribution < 1.29 is 9.90 Å². The highest BCUT2D eigenvalue weighted by atomic mass is 16.3. The number of carbonyl (C=O) groups excluding carboxylic acids is 1. The van der Waals surface area contributed by atoms with E-state index in [-0.39, 0.29) is 5.78 Å². The monoisotopic (exact) mass is 184 g/mol. The van der Waals surface area contributed by atoms with Gasteiger partial charge in [-0.15, -0.1) is 0 Å². The maximum Gasteiger partial charge on any atom is 0.155 e. The van der Waals surface area contributed by atoms with E-state index in [0.717, 1.165) is 12.8 Å². The van der Waals surface area contributed by atoms with E-state index < -0.39 is 5.60 Å². The topological polar surface area (TPSA) is 37.3 Å². The lowest BCUT2D eigenvalue weighted by Crippen LogP contribution is -2.21. The minimum Gasteiger partial charge on any atom is -0.386 e.